The smallest absolute Gasteiger partial charge is 0.306 e. The van der Waals surface area contributed by atoms with Gasteiger partial charge in [-0.05, 0) is 116 Å². The van der Waals surface area contributed by atoms with E-state index < -0.39 is 6.10 Å². The summed E-state index contributed by atoms with van der Waals surface area (Å²) in [5, 5.41) is 9.72. The first kappa shape index (κ1) is 84.0. The average Bonchev–Trinajstić information content (AvgIpc) is 3.56. The van der Waals surface area contributed by atoms with Gasteiger partial charge in [-0.3, -0.25) is 9.59 Å². The molecular formula is C83H142O5. The first-order valence-corrected chi connectivity index (χ1v) is 37.7. The van der Waals surface area contributed by atoms with Crippen molar-refractivity contribution in [2.45, 2.75) is 367 Å². The minimum absolute atomic E-state index is 0.0670. The molecule has 0 radical (unpaired) electrons. The SMILES string of the molecule is CC/C=C\C/C=C\C/C=C\C/C=C\C/C=C\C/C=C\C/C=C\C/C=C\CCCCCCCCCCCCCCCCCCC(=O)OC(CO)COC(=O)CCCCCCCCCCCCCCCCCCCC/C=C\C/C=C\C/C=C\CCCCCCC. The number of esters is 2. The molecule has 0 rings (SSSR count). The van der Waals surface area contributed by atoms with Gasteiger partial charge in [-0.1, -0.05) is 366 Å². The second kappa shape index (κ2) is 77.3. The van der Waals surface area contributed by atoms with Gasteiger partial charge in [0, 0.05) is 12.8 Å². The third-order valence-electron chi connectivity index (χ3n) is 16.4. The Hall–Kier alpha value is -3.96. The molecule has 5 heteroatoms. The van der Waals surface area contributed by atoms with Gasteiger partial charge in [0.1, 0.15) is 6.61 Å². The van der Waals surface area contributed by atoms with Crippen LogP contribution in [-0.4, -0.2) is 36.4 Å². The molecule has 1 unspecified atom stereocenters. The van der Waals surface area contributed by atoms with Crippen molar-refractivity contribution >= 4 is 11.9 Å². The van der Waals surface area contributed by atoms with Crippen LogP contribution in [0.15, 0.2) is 134 Å². The predicted octanol–water partition coefficient (Wildman–Crippen LogP) is 26.7. The summed E-state index contributed by atoms with van der Waals surface area (Å²) in [7, 11) is 0. The number of hydrogen-bond donors (Lipinski definition) is 1. The average molecular weight is 1220 g/mol. The summed E-state index contributed by atoms with van der Waals surface area (Å²) in [5.74, 6) is -0.580. The van der Waals surface area contributed by atoms with Crippen LogP contribution in [0.5, 0.6) is 0 Å². The first-order chi connectivity index (χ1) is 43.6. The van der Waals surface area contributed by atoms with Crippen molar-refractivity contribution in [3.05, 3.63) is 134 Å². The summed E-state index contributed by atoms with van der Waals surface area (Å²) in [6.07, 6.45) is 115. The fourth-order valence-electron chi connectivity index (χ4n) is 10.8. The van der Waals surface area contributed by atoms with Crippen molar-refractivity contribution in [3.8, 4) is 0 Å². The Kier molecular flexibility index (Phi) is 73.8. The molecule has 0 aromatic heterocycles. The zero-order valence-electron chi connectivity index (χ0n) is 58.0. The van der Waals surface area contributed by atoms with E-state index in [1.807, 2.05) is 0 Å². The molecule has 0 bridgehead atoms. The second-order valence-electron chi connectivity index (χ2n) is 25.0. The number of hydrogen-bond acceptors (Lipinski definition) is 5. The van der Waals surface area contributed by atoms with Gasteiger partial charge in [0.2, 0.25) is 0 Å². The zero-order valence-corrected chi connectivity index (χ0v) is 58.0. The lowest BCUT2D eigenvalue weighted by Crippen LogP contribution is -2.28. The van der Waals surface area contributed by atoms with E-state index in [0.717, 1.165) is 103 Å². The number of allylic oxidation sites excluding steroid dienone is 22. The lowest BCUT2D eigenvalue weighted by Gasteiger charge is -2.15. The van der Waals surface area contributed by atoms with E-state index >= 15 is 0 Å². The van der Waals surface area contributed by atoms with Crippen LogP contribution in [0.25, 0.3) is 0 Å². The van der Waals surface area contributed by atoms with Crippen molar-refractivity contribution in [2.75, 3.05) is 13.2 Å². The highest BCUT2D eigenvalue weighted by molar-refractivity contribution is 5.70. The molecule has 504 valence electrons. The summed E-state index contributed by atoms with van der Waals surface area (Å²) in [6, 6.07) is 0. The van der Waals surface area contributed by atoms with Crippen molar-refractivity contribution < 1.29 is 24.2 Å². The van der Waals surface area contributed by atoms with Gasteiger partial charge < -0.3 is 14.6 Å². The summed E-state index contributed by atoms with van der Waals surface area (Å²) < 4.78 is 10.8. The van der Waals surface area contributed by atoms with Crippen molar-refractivity contribution in [1.82, 2.24) is 0 Å². The number of ether oxygens (including phenoxy) is 2. The molecule has 0 saturated heterocycles. The number of unbranched alkanes of at least 4 members (excludes halogenated alkanes) is 39. The monoisotopic (exact) mass is 1220 g/mol. The Morgan fingerprint density at radius 1 is 0.273 bits per heavy atom. The zero-order chi connectivity index (χ0) is 63.3. The van der Waals surface area contributed by atoms with Crippen molar-refractivity contribution in [2.24, 2.45) is 0 Å². The van der Waals surface area contributed by atoms with Gasteiger partial charge >= 0.3 is 11.9 Å². The molecule has 0 spiro atoms. The fourth-order valence-corrected chi connectivity index (χ4v) is 10.8. The highest BCUT2D eigenvalue weighted by Crippen LogP contribution is 2.18. The van der Waals surface area contributed by atoms with E-state index in [2.05, 4.69) is 148 Å². The Labute approximate surface area is 546 Å². The van der Waals surface area contributed by atoms with Crippen LogP contribution in [0.4, 0.5) is 0 Å². The Morgan fingerprint density at radius 2 is 0.489 bits per heavy atom. The maximum Gasteiger partial charge on any atom is 0.306 e. The molecular weight excluding hydrogens is 1080 g/mol. The molecule has 1 atom stereocenters. The topological polar surface area (TPSA) is 72.8 Å². The van der Waals surface area contributed by atoms with Crippen LogP contribution in [0.1, 0.15) is 361 Å². The summed E-state index contributed by atoms with van der Waals surface area (Å²) in [5.41, 5.74) is 0. The number of carbonyl (C=O) groups is 2. The van der Waals surface area contributed by atoms with E-state index in [1.54, 1.807) is 0 Å². The lowest BCUT2D eigenvalue weighted by molar-refractivity contribution is -0.161. The fraction of sp³-hybridized carbons (Fsp3) is 0.711. The van der Waals surface area contributed by atoms with Gasteiger partial charge in [-0.15, -0.1) is 0 Å². The highest BCUT2D eigenvalue weighted by atomic mass is 16.6. The van der Waals surface area contributed by atoms with E-state index in [4.69, 9.17) is 9.47 Å². The molecule has 0 aliphatic carbocycles. The standard InChI is InChI=1S/C83H142O5/c1-3-5-7-9-11-13-15-17-19-21-23-25-27-29-31-33-35-37-38-39-40-41-42-43-44-46-48-50-52-54-56-58-60-62-64-66-68-70-72-74-76-78-83(86)88-81(79-84)80-87-82(85)77-75-73-71-69-67-65-63-61-59-57-55-53-51-49-47-45-36-34-32-30-28-26-24-22-20-18-16-14-12-10-8-6-4-2/h5,7,11,13,16-19,22-25,28-31,35,37,39-40,42-43,81,84H,3-4,6,8-10,12,14-15,20-21,26-27,32-34,36,38,41,44-80H2,1-2H3/b7-5-,13-11-,18-16-,19-17-,24-22-,25-23-,30-28-,31-29-,37-35-,40-39-,43-42-. The normalized spacial score (nSPS) is 13.0. The summed E-state index contributed by atoms with van der Waals surface area (Å²) in [4.78, 5) is 24.7. The minimum atomic E-state index is -0.779. The van der Waals surface area contributed by atoms with E-state index in [1.165, 1.54) is 231 Å². The summed E-state index contributed by atoms with van der Waals surface area (Å²) >= 11 is 0. The van der Waals surface area contributed by atoms with Crippen LogP contribution in [0.2, 0.25) is 0 Å². The van der Waals surface area contributed by atoms with Gasteiger partial charge in [-0.2, -0.15) is 0 Å². The van der Waals surface area contributed by atoms with E-state index in [0.29, 0.717) is 12.8 Å². The molecule has 0 aromatic carbocycles. The van der Waals surface area contributed by atoms with Crippen LogP contribution in [0.3, 0.4) is 0 Å². The Morgan fingerprint density at radius 3 is 0.739 bits per heavy atom. The molecule has 0 aliphatic heterocycles. The predicted molar refractivity (Wildman–Crippen MR) is 389 cm³/mol. The van der Waals surface area contributed by atoms with Crippen LogP contribution in [-0.2, 0) is 19.1 Å². The largest absolute Gasteiger partial charge is 0.462 e. The second-order valence-corrected chi connectivity index (χ2v) is 25.0. The molecule has 1 N–H and O–H groups in total. The summed E-state index contributed by atoms with van der Waals surface area (Å²) in [6.45, 7) is 4.05. The number of carbonyl (C=O) groups excluding carboxylic acids is 2. The molecule has 5 nitrogen and oxygen atoms in total. The van der Waals surface area contributed by atoms with Crippen LogP contribution >= 0.6 is 0 Å². The van der Waals surface area contributed by atoms with Gasteiger partial charge in [0.05, 0.1) is 6.61 Å². The third-order valence-corrected chi connectivity index (χ3v) is 16.4. The Bertz CT molecular complexity index is 1770. The van der Waals surface area contributed by atoms with Gasteiger partial charge in [-0.25, -0.2) is 0 Å². The molecule has 0 aliphatic rings. The molecule has 0 fully saturated rings. The quantitative estimate of drug-likeness (QED) is 0.0373. The van der Waals surface area contributed by atoms with Gasteiger partial charge in [0.15, 0.2) is 6.10 Å². The molecule has 88 heavy (non-hydrogen) atoms. The molecule has 0 amide bonds. The first-order valence-electron chi connectivity index (χ1n) is 37.7. The highest BCUT2D eigenvalue weighted by Gasteiger charge is 2.16. The maximum atomic E-state index is 12.4. The van der Waals surface area contributed by atoms with E-state index in [-0.39, 0.29) is 25.2 Å². The molecule has 0 saturated carbocycles. The minimum Gasteiger partial charge on any atom is -0.462 e. The lowest BCUT2D eigenvalue weighted by atomic mass is 10.0. The van der Waals surface area contributed by atoms with Gasteiger partial charge in [0.25, 0.3) is 0 Å². The van der Waals surface area contributed by atoms with Crippen LogP contribution in [0, 0.1) is 0 Å². The van der Waals surface area contributed by atoms with Crippen LogP contribution < -0.4 is 0 Å². The molecule has 0 heterocycles. The van der Waals surface area contributed by atoms with E-state index in [9.17, 15) is 14.7 Å². The van der Waals surface area contributed by atoms with Crippen molar-refractivity contribution in [1.29, 1.82) is 0 Å². The number of rotatable bonds is 69. The Balaban J connectivity index is 3.47. The number of aliphatic hydroxyl groups is 1. The molecule has 0 aromatic rings. The van der Waals surface area contributed by atoms with Crippen molar-refractivity contribution in [3.63, 3.8) is 0 Å². The third kappa shape index (κ3) is 74.5. The number of aliphatic hydroxyl groups excluding tert-OH is 1. The maximum absolute atomic E-state index is 12.4.